The van der Waals surface area contributed by atoms with Crippen molar-refractivity contribution in [1.82, 2.24) is 20.0 Å². The predicted molar refractivity (Wildman–Crippen MR) is 97.0 cm³/mol. The molecule has 7 nitrogen and oxygen atoms in total. The summed E-state index contributed by atoms with van der Waals surface area (Å²) < 4.78 is 0. The number of hydrogen-bond donors (Lipinski definition) is 2. The van der Waals surface area contributed by atoms with E-state index in [9.17, 15) is 9.59 Å². The molecule has 3 fully saturated rings. The molecule has 7 heteroatoms. The third kappa shape index (κ3) is 4.71. The topological polar surface area (TPSA) is 81.9 Å². The number of amides is 2. The number of nitrogens with one attached hydrogen (secondary N) is 1. The average molecular weight is 351 g/mol. The molecule has 0 spiro atoms. The minimum Gasteiger partial charge on any atom is -0.342 e. The second-order valence-corrected chi connectivity index (χ2v) is 7.57. The molecule has 0 aromatic heterocycles. The molecule has 0 aliphatic carbocycles. The third-order valence-electron chi connectivity index (χ3n) is 5.95. The number of carbonyl (C=O) groups excluding carboxylic acids is 2. The first-order chi connectivity index (χ1) is 12.2. The Balaban J connectivity index is 1.48. The molecule has 0 aromatic rings. The summed E-state index contributed by atoms with van der Waals surface area (Å²) in [6.07, 6.45) is 3.94. The van der Waals surface area contributed by atoms with Gasteiger partial charge in [0.25, 0.3) is 0 Å². The molecule has 0 bridgehead atoms. The Labute approximate surface area is 150 Å². The van der Waals surface area contributed by atoms with Gasteiger partial charge in [0.05, 0.1) is 0 Å². The minimum absolute atomic E-state index is 0.271. The van der Waals surface area contributed by atoms with E-state index in [0.717, 1.165) is 71.6 Å². The van der Waals surface area contributed by atoms with Crippen molar-refractivity contribution in [3.63, 3.8) is 0 Å². The van der Waals surface area contributed by atoms with Crippen LogP contribution in [0, 0.1) is 5.92 Å². The Morgan fingerprint density at radius 2 is 1.96 bits per heavy atom. The van der Waals surface area contributed by atoms with E-state index in [2.05, 4.69) is 10.2 Å². The molecule has 3 N–H and O–H groups in total. The van der Waals surface area contributed by atoms with E-state index >= 15 is 0 Å². The fourth-order valence-corrected chi connectivity index (χ4v) is 4.48. The van der Waals surface area contributed by atoms with Gasteiger partial charge in [-0.3, -0.25) is 9.59 Å². The number of nitrogens with two attached hydrogens (primary N) is 1. The number of hydrogen-bond acceptors (Lipinski definition) is 5. The van der Waals surface area contributed by atoms with E-state index in [1.807, 2.05) is 9.80 Å². The van der Waals surface area contributed by atoms with E-state index < -0.39 is 0 Å². The lowest BCUT2D eigenvalue weighted by Crippen LogP contribution is -2.57. The summed E-state index contributed by atoms with van der Waals surface area (Å²) in [4.78, 5) is 31.3. The number of likely N-dealkylation sites (tertiary alicyclic amines) is 2. The normalized spacial score (nSPS) is 28.1. The standard InChI is InChI=1S/C18H33N5O2/c19-6-1-9-23-16-4-11-22(14-15(16)2-3-18(23)25)17(24)5-10-21-12-7-20-8-13-21/h15-16,20H,1-14,19H2/t15-,16+/m0/s1. The largest absolute Gasteiger partial charge is 0.342 e. The molecular weight excluding hydrogens is 318 g/mol. The van der Waals surface area contributed by atoms with Gasteiger partial charge in [-0.15, -0.1) is 0 Å². The zero-order chi connectivity index (χ0) is 17.6. The quantitative estimate of drug-likeness (QED) is 0.672. The number of nitrogens with zero attached hydrogens (tertiary/aromatic N) is 3. The van der Waals surface area contributed by atoms with Crippen molar-refractivity contribution in [2.75, 3.05) is 58.9 Å². The van der Waals surface area contributed by atoms with Crippen molar-refractivity contribution in [2.45, 2.75) is 38.1 Å². The lowest BCUT2D eigenvalue weighted by Gasteiger charge is -2.47. The van der Waals surface area contributed by atoms with Crippen molar-refractivity contribution in [1.29, 1.82) is 0 Å². The zero-order valence-electron chi connectivity index (χ0n) is 15.3. The first-order valence-corrected chi connectivity index (χ1v) is 9.89. The van der Waals surface area contributed by atoms with Crippen LogP contribution in [0.2, 0.25) is 0 Å². The number of piperidine rings is 2. The van der Waals surface area contributed by atoms with Crippen molar-refractivity contribution in [3.8, 4) is 0 Å². The second-order valence-electron chi connectivity index (χ2n) is 7.57. The Bertz CT molecular complexity index is 466. The number of fused-ring (bicyclic) bond motifs is 1. The summed E-state index contributed by atoms with van der Waals surface area (Å²) in [6.45, 7) is 7.98. The fraction of sp³-hybridized carbons (Fsp3) is 0.889. The van der Waals surface area contributed by atoms with Crippen molar-refractivity contribution < 1.29 is 9.59 Å². The van der Waals surface area contributed by atoms with Crippen LogP contribution in [-0.2, 0) is 9.59 Å². The summed E-state index contributed by atoms with van der Waals surface area (Å²) in [5.74, 6) is 0.989. The van der Waals surface area contributed by atoms with Gasteiger partial charge in [-0.05, 0) is 31.7 Å². The molecular formula is C18H33N5O2. The molecule has 0 saturated carbocycles. The summed E-state index contributed by atoms with van der Waals surface area (Å²) in [5.41, 5.74) is 5.62. The van der Waals surface area contributed by atoms with Crippen molar-refractivity contribution >= 4 is 11.8 Å². The number of piperazine rings is 1. The summed E-state index contributed by atoms with van der Waals surface area (Å²) >= 11 is 0. The second kappa shape index (κ2) is 8.96. The van der Waals surface area contributed by atoms with Crippen molar-refractivity contribution in [2.24, 2.45) is 11.7 Å². The van der Waals surface area contributed by atoms with Crippen LogP contribution in [-0.4, -0.2) is 91.5 Å². The highest BCUT2D eigenvalue weighted by Crippen LogP contribution is 2.31. The van der Waals surface area contributed by atoms with Crippen LogP contribution in [0.1, 0.15) is 32.1 Å². The van der Waals surface area contributed by atoms with Crippen LogP contribution in [0.3, 0.4) is 0 Å². The molecule has 0 radical (unpaired) electrons. The third-order valence-corrected chi connectivity index (χ3v) is 5.95. The molecule has 2 atom stereocenters. The Morgan fingerprint density at radius 3 is 2.72 bits per heavy atom. The summed E-state index contributed by atoms with van der Waals surface area (Å²) in [7, 11) is 0. The monoisotopic (exact) mass is 351 g/mol. The molecule has 142 valence electrons. The van der Waals surface area contributed by atoms with Gasteiger partial charge in [0.2, 0.25) is 11.8 Å². The van der Waals surface area contributed by atoms with Gasteiger partial charge < -0.3 is 25.8 Å². The molecule has 2 amide bonds. The highest BCUT2D eigenvalue weighted by Gasteiger charge is 2.39. The lowest BCUT2D eigenvalue weighted by atomic mass is 9.83. The van der Waals surface area contributed by atoms with Gasteiger partial charge in [0.1, 0.15) is 0 Å². The van der Waals surface area contributed by atoms with E-state index in [1.165, 1.54) is 0 Å². The number of rotatable bonds is 6. The maximum atomic E-state index is 12.6. The average Bonchev–Trinajstić information content (AvgIpc) is 2.66. The van der Waals surface area contributed by atoms with E-state index in [1.54, 1.807) is 0 Å². The molecule has 25 heavy (non-hydrogen) atoms. The van der Waals surface area contributed by atoms with Crippen LogP contribution >= 0.6 is 0 Å². The van der Waals surface area contributed by atoms with Crippen LogP contribution < -0.4 is 11.1 Å². The van der Waals surface area contributed by atoms with E-state index in [-0.39, 0.29) is 11.8 Å². The zero-order valence-corrected chi connectivity index (χ0v) is 15.3. The van der Waals surface area contributed by atoms with Gasteiger partial charge in [-0.25, -0.2) is 0 Å². The molecule has 0 unspecified atom stereocenters. The summed E-state index contributed by atoms with van der Waals surface area (Å²) in [5, 5.41) is 3.34. The molecule has 3 heterocycles. The highest BCUT2D eigenvalue weighted by atomic mass is 16.2. The van der Waals surface area contributed by atoms with Crippen LogP contribution in [0.15, 0.2) is 0 Å². The summed E-state index contributed by atoms with van der Waals surface area (Å²) in [6, 6.07) is 0.310. The molecule has 3 rings (SSSR count). The Morgan fingerprint density at radius 1 is 1.16 bits per heavy atom. The van der Waals surface area contributed by atoms with Gasteiger partial charge in [-0.2, -0.15) is 0 Å². The SMILES string of the molecule is NCCCN1C(=O)CC[C@H]2CN(C(=O)CCN3CCNCC3)CC[C@H]21. The van der Waals surface area contributed by atoms with Gasteiger partial charge >= 0.3 is 0 Å². The molecule has 0 aromatic carbocycles. The van der Waals surface area contributed by atoms with Gasteiger partial charge in [-0.1, -0.05) is 0 Å². The Hall–Kier alpha value is -1.18. The van der Waals surface area contributed by atoms with E-state index in [4.69, 9.17) is 5.73 Å². The smallest absolute Gasteiger partial charge is 0.223 e. The van der Waals surface area contributed by atoms with Crippen LogP contribution in [0.25, 0.3) is 0 Å². The number of carbonyl (C=O) groups is 2. The molecule has 3 saturated heterocycles. The minimum atomic E-state index is 0.271. The van der Waals surface area contributed by atoms with E-state index in [0.29, 0.717) is 31.3 Å². The van der Waals surface area contributed by atoms with Gasteiger partial charge in [0.15, 0.2) is 0 Å². The first kappa shape index (κ1) is 18.6. The van der Waals surface area contributed by atoms with Crippen LogP contribution in [0.5, 0.6) is 0 Å². The van der Waals surface area contributed by atoms with Gasteiger partial charge in [0, 0.05) is 71.2 Å². The maximum absolute atomic E-state index is 12.6. The predicted octanol–water partition coefficient (Wildman–Crippen LogP) is -0.530. The lowest BCUT2D eigenvalue weighted by molar-refractivity contribution is -0.144. The fourth-order valence-electron chi connectivity index (χ4n) is 4.48. The van der Waals surface area contributed by atoms with Crippen molar-refractivity contribution in [3.05, 3.63) is 0 Å². The first-order valence-electron chi connectivity index (χ1n) is 9.89. The maximum Gasteiger partial charge on any atom is 0.223 e. The molecule has 3 aliphatic rings. The van der Waals surface area contributed by atoms with Crippen LogP contribution in [0.4, 0.5) is 0 Å². The Kier molecular flexibility index (Phi) is 6.67. The highest BCUT2D eigenvalue weighted by molar-refractivity contribution is 5.78. The molecule has 3 aliphatic heterocycles.